The number of rotatable bonds is 4. The fourth-order valence-corrected chi connectivity index (χ4v) is 3.46. The van der Waals surface area contributed by atoms with Crippen LogP contribution >= 0.6 is 12.2 Å². The Hall–Kier alpha value is -0.240. The van der Waals surface area contributed by atoms with Gasteiger partial charge in [-0.05, 0) is 26.7 Å². The van der Waals surface area contributed by atoms with E-state index in [9.17, 15) is 8.42 Å². The van der Waals surface area contributed by atoms with Crippen LogP contribution in [0.15, 0.2) is 0 Å². The zero-order valence-electron chi connectivity index (χ0n) is 10.4. The van der Waals surface area contributed by atoms with Crippen LogP contribution in [0.25, 0.3) is 0 Å². The SMILES string of the molecule is CC(C)(NS(=O)(=O)N1CCCCCC1)C(N)=S. The molecule has 0 atom stereocenters. The highest BCUT2D eigenvalue weighted by Crippen LogP contribution is 2.14. The number of thiocarbonyl (C=S) groups is 1. The lowest BCUT2D eigenvalue weighted by Gasteiger charge is -2.29. The number of hydrogen-bond acceptors (Lipinski definition) is 3. The first-order valence-electron chi connectivity index (χ1n) is 5.85. The second kappa shape index (κ2) is 5.60. The molecule has 0 spiro atoms. The summed E-state index contributed by atoms with van der Waals surface area (Å²) < 4.78 is 28.4. The van der Waals surface area contributed by atoms with Crippen LogP contribution < -0.4 is 10.5 Å². The van der Waals surface area contributed by atoms with E-state index in [-0.39, 0.29) is 4.99 Å². The molecule has 1 aliphatic rings. The van der Waals surface area contributed by atoms with Crippen molar-refractivity contribution in [2.45, 2.75) is 45.1 Å². The van der Waals surface area contributed by atoms with Gasteiger partial charge in [-0.1, -0.05) is 25.1 Å². The molecule has 1 heterocycles. The Bertz CT molecular complexity index is 371. The van der Waals surface area contributed by atoms with Gasteiger partial charge in [0.1, 0.15) is 0 Å². The second-order valence-electron chi connectivity index (χ2n) is 4.91. The van der Waals surface area contributed by atoms with Gasteiger partial charge >= 0.3 is 0 Å². The Morgan fingerprint density at radius 2 is 1.71 bits per heavy atom. The van der Waals surface area contributed by atoms with Crippen LogP contribution in [0.2, 0.25) is 0 Å². The average molecular weight is 279 g/mol. The quantitative estimate of drug-likeness (QED) is 0.745. The summed E-state index contributed by atoms with van der Waals surface area (Å²) in [4.78, 5) is 0.149. The zero-order chi connectivity index (χ0) is 13.1. The third-order valence-electron chi connectivity index (χ3n) is 2.91. The molecule has 1 aliphatic heterocycles. The van der Waals surface area contributed by atoms with Crippen molar-refractivity contribution in [3.8, 4) is 0 Å². The lowest BCUT2D eigenvalue weighted by Crippen LogP contribution is -2.56. The molecule has 1 saturated heterocycles. The van der Waals surface area contributed by atoms with Crippen molar-refractivity contribution in [3.05, 3.63) is 0 Å². The molecule has 1 fully saturated rings. The number of hydrogen-bond donors (Lipinski definition) is 2. The zero-order valence-corrected chi connectivity index (χ0v) is 12.0. The van der Waals surface area contributed by atoms with Gasteiger partial charge in [0.25, 0.3) is 10.2 Å². The number of nitrogens with zero attached hydrogens (tertiary/aromatic N) is 1. The summed E-state index contributed by atoms with van der Waals surface area (Å²) in [5, 5.41) is 0. The first-order valence-corrected chi connectivity index (χ1v) is 7.69. The Morgan fingerprint density at radius 3 is 2.12 bits per heavy atom. The summed E-state index contributed by atoms with van der Waals surface area (Å²) in [5.74, 6) is 0. The Labute approximate surface area is 109 Å². The second-order valence-corrected chi connectivity index (χ2v) is 7.02. The standard InChI is InChI=1S/C10H21N3O2S2/c1-10(2,9(11)16)12-17(14,15)13-7-5-3-4-6-8-13/h12H,3-8H2,1-2H3,(H2,11,16). The highest BCUT2D eigenvalue weighted by atomic mass is 32.2. The molecule has 0 aliphatic carbocycles. The largest absolute Gasteiger partial charge is 0.392 e. The van der Waals surface area contributed by atoms with Gasteiger partial charge in [0, 0.05) is 13.1 Å². The summed E-state index contributed by atoms with van der Waals surface area (Å²) in [6.45, 7) is 4.49. The molecule has 3 N–H and O–H groups in total. The topological polar surface area (TPSA) is 75.4 Å². The molecule has 0 amide bonds. The Morgan fingerprint density at radius 1 is 1.24 bits per heavy atom. The van der Waals surface area contributed by atoms with Crippen molar-refractivity contribution in [3.63, 3.8) is 0 Å². The van der Waals surface area contributed by atoms with Gasteiger partial charge in [-0.15, -0.1) is 0 Å². The smallest absolute Gasteiger partial charge is 0.280 e. The van der Waals surface area contributed by atoms with Crippen molar-refractivity contribution in [1.29, 1.82) is 0 Å². The maximum absolute atomic E-state index is 12.2. The molecular weight excluding hydrogens is 258 g/mol. The van der Waals surface area contributed by atoms with Crippen LogP contribution in [0.5, 0.6) is 0 Å². The maximum atomic E-state index is 12.2. The summed E-state index contributed by atoms with van der Waals surface area (Å²) in [6, 6.07) is 0. The fraction of sp³-hybridized carbons (Fsp3) is 0.900. The van der Waals surface area contributed by atoms with Crippen molar-refractivity contribution < 1.29 is 8.42 Å². The van der Waals surface area contributed by atoms with Crippen LogP contribution in [0.3, 0.4) is 0 Å². The molecule has 100 valence electrons. The van der Waals surface area contributed by atoms with E-state index < -0.39 is 15.7 Å². The van der Waals surface area contributed by atoms with Gasteiger partial charge in [-0.2, -0.15) is 17.4 Å². The van der Waals surface area contributed by atoms with E-state index in [0.29, 0.717) is 13.1 Å². The van der Waals surface area contributed by atoms with Gasteiger partial charge in [0.2, 0.25) is 0 Å². The molecule has 0 saturated carbocycles. The molecule has 0 aromatic rings. The van der Waals surface area contributed by atoms with Crippen LogP contribution in [0.1, 0.15) is 39.5 Å². The van der Waals surface area contributed by atoms with Crippen LogP contribution in [0, 0.1) is 0 Å². The number of nitrogens with one attached hydrogen (secondary N) is 1. The highest BCUT2D eigenvalue weighted by molar-refractivity contribution is 7.87. The van der Waals surface area contributed by atoms with Gasteiger partial charge < -0.3 is 5.73 Å². The molecule has 17 heavy (non-hydrogen) atoms. The predicted octanol–water partition coefficient (Wildman–Crippen LogP) is 0.761. The minimum atomic E-state index is -3.49. The molecule has 0 aromatic heterocycles. The van der Waals surface area contributed by atoms with Gasteiger partial charge in [-0.25, -0.2) is 0 Å². The van der Waals surface area contributed by atoms with E-state index in [1.165, 1.54) is 4.31 Å². The Balaban J connectivity index is 2.76. The molecular formula is C10H21N3O2S2. The van der Waals surface area contributed by atoms with Crippen molar-refractivity contribution in [2.24, 2.45) is 5.73 Å². The lowest BCUT2D eigenvalue weighted by molar-refractivity contribution is 0.405. The minimum Gasteiger partial charge on any atom is -0.392 e. The summed E-state index contributed by atoms with van der Waals surface area (Å²) in [5.41, 5.74) is 4.64. The van der Waals surface area contributed by atoms with E-state index in [4.69, 9.17) is 18.0 Å². The average Bonchev–Trinajstić information content (AvgIpc) is 2.43. The normalized spacial score (nSPS) is 19.9. The van der Waals surface area contributed by atoms with Crippen molar-refractivity contribution >= 4 is 27.4 Å². The maximum Gasteiger partial charge on any atom is 0.280 e. The molecule has 0 unspecified atom stereocenters. The monoisotopic (exact) mass is 279 g/mol. The predicted molar refractivity (Wildman–Crippen MR) is 73.0 cm³/mol. The Kier molecular flexibility index (Phi) is 4.88. The van der Waals surface area contributed by atoms with Crippen molar-refractivity contribution in [1.82, 2.24) is 9.03 Å². The van der Waals surface area contributed by atoms with E-state index in [0.717, 1.165) is 25.7 Å². The van der Waals surface area contributed by atoms with Gasteiger partial charge in [-0.3, -0.25) is 0 Å². The van der Waals surface area contributed by atoms with Crippen LogP contribution in [-0.2, 0) is 10.2 Å². The van der Waals surface area contributed by atoms with E-state index in [1.54, 1.807) is 13.8 Å². The third-order valence-corrected chi connectivity index (χ3v) is 5.23. The summed E-state index contributed by atoms with van der Waals surface area (Å²) in [7, 11) is -3.49. The van der Waals surface area contributed by atoms with E-state index in [1.807, 2.05) is 0 Å². The van der Waals surface area contributed by atoms with E-state index in [2.05, 4.69) is 4.72 Å². The van der Waals surface area contributed by atoms with Crippen LogP contribution in [0.4, 0.5) is 0 Å². The van der Waals surface area contributed by atoms with Gasteiger partial charge in [0.15, 0.2) is 0 Å². The number of nitrogens with two attached hydrogens (primary N) is 1. The molecule has 0 bridgehead atoms. The first kappa shape index (κ1) is 14.8. The lowest BCUT2D eigenvalue weighted by atomic mass is 10.1. The highest BCUT2D eigenvalue weighted by Gasteiger charge is 2.31. The summed E-state index contributed by atoms with van der Waals surface area (Å²) >= 11 is 4.86. The van der Waals surface area contributed by atoms with E-state index >= 15 is 0 Å². The molecule has 0 aromatic carbocycles. The first-order chi connectivity index (χ1) is 7.76. The van der Waals surface area contributed by atoms with Gasteiger partial charge in [0.05, 0.1) is 10.5 Å². The third kappa shape index (κ3) is 4.17. The molecule has 7 heteroatoms. The molecule has 1 rings (SSSR count). The summed E-state index contributed by atoms with van der Waals surface area (Å²) in [6.07, 6.45) is 4.00. The van der Waals surface area contributed by atoms with Crippen LogP contribution in [-0.4, -0.2) is 36.3 Å². The molecule has 5 nitrogen and oxygen atoms in total. The minimum absolute atomic E-state index is 0.149. The molecule has 0 radical (unpaired) electrons. The fourth-order valence-electron chi connectivity index (χ4n) is 1.72. The van der Waals surface area contributed by atoms with Crippen molar-refractivity contribution in [2.75, 3.05) is 13.1 Å².